The Labute approximate surface area is 186 Å². The Kier molecular flexibility index (Phi) is 6.85. The van der Waals surface area contributed by atoms with Crippen LogP contribution in [0.3, 0.4) is 0 Å². The molecule has 0 radical (unpaired) electrons. The first-order chi connectivity index (χ1) is 14.6. The van der Waals surface area contributed by atoms with Gasteiger partial charge in [0.25, 0.3) is 10.0 Å². The lowest BCUT2D eigenvalue weighted by atomic mass is 10.1. The van der Waals surface area contributed by atoms with E-state index in [0.717, 1.165) is 25.2 Å². The molecule has 0 spiro atoms. The van der Waals surface area contributed by atoms with Crippen LogP contribution < -0.4 is 13.9 Å². The van der Waals surface area contributed by atoms with Gasteiger partial charge in [0.05, 0.1) is 16.3 Å². The summed E-state index contributed by atoms with van der Waals surface area (Å²) in [5.74, 6) is 0.122. The van der Waals surface area contributed by atoms with Gasteiger partial charge in [-0.25, -0.2) is 16.8 Å². The van der Waals surface area contributed by atoms with Gasteiger partial charge in [-0.1, -0.05) is 0 Å². The summed E-state index contributed by atoms with van der Waals surface area (Å²) in [4.78, 5) is 2.33. The van der Waals surface area contributed by atoms with Crippen LogP contribution in [0.25, 0.3) is 0 Å². The Morgan fingerprint density at radius 3 is 2.23 bits per heavy atom. The minimum atomic E-state index is -3.82. The highest BCUT2D eigenvalue weighted by molar-refractivity contribution is 7.93. The molecule has 3 rings (SSSR count). The van der Waals surface area contributed by atoms with Crippen molar-refractivity contribution in [3.8, 4) is 0 Å². The average molecular weight is 466 g/mol. The van der Waals surface area contributed by atoms with E-state index in [1.165, 1.54) is 4.31 Å². The molecule has 0 aliphatic carbocycles. The maximum Gasteiger partial charge on any atom is 0.262 e. The third-order valence-corrected chi connectivity index (χ3v) is 9.03. The van der Waals surface area contributed by atoms with Crippen LogP contribution in [0, 0.1) is 13.8 Å². The summed E-state index contributed by atoms with van der Waals surface area (Å²) >= 11 is 0. The van der Waals surface area contributed by atoms with Crippen LogP contribution >= 0.6 is 0 Å². The van der Waals surface area contributed by atoms with Crippen molar-refractivity contribution in [3.05, 3.63) is 47.5 Å². The minimum absolute atomic E-state index is 0.122. The molecule has 1 aliphatic heterocycles. The smallest absolute Gasteiger partial charge is 0.262 e. The van der Waals surface area contributed by atoms with Gasteiger partial charge in [-0.15, -0.1) is 0 Å². The zero-order chi connectivity index (χ0) is 22.8. The normalized spacial score (nSPS) is 16.2. The van der Waals surface area contributed by atoms with Gasteiger partial charge in [-0.2, -0.15) is 0 Å². The Morgan fingerprint density at radius 2 is 1.65 bits per heavy atom. The molecule has 0 unspecified atom stereocenters. The summed E-state index contributed by atoms with van der Waals surface area (Å²) in [6, 6.07) is 10.5. The van der Waals surface area contributed by atoms with Gasteiger partial charge in [0.2, 0.25) is 10.0 Å². The Morgan fingerprint density at radius 1 is 1.00 bits per heavy atom. The molecule has 9 heteroatoms. The molecule has 1 N–H and O–H groups in total. The summed E-state index contributed by atoms with van der Waals surface area (Å²) in [5, 5.41) is 0. The van der Waals surface area contributed by atoms with Crippen molar-refractivity contribution in [2.45, 2.75) is 45.4 Å². The number of hydrogen-bond acceptors (Lipinski definition) is 5. The van der Waals surface area contributed by atoms with Gasteiger partial charge in [-0.05, 0) is 88.1 Å². The van der Waals surface area contributed by atoms with Gasteiger partial charge >= 0.3 is 0 Å². The molecule has 0 aromatic heterocycles. The Balaban J connectivity index is 1.89. The van der Waals surface area contributed by atoms with Crippen LogP contribution in [0.2, 0.25) is 0 Å². The molecule has 0 amide bonds. The number of benzene rings is 2. The van der Waals surface area contributed by atoms with E-state index in [2.05, 4.69) is 23.5 Å². The van der Waals surface area contributed by atoms with Crippen molar-refractivity contribution in [3.63, 3.8) is 0 Å². The Bertz CT molecular complexity index is 1140. The summed E-state index contributed by atoms with van der Waals surface area (Å²) in [6.07, 6.45) is 1.45. The predicted octanol–water partition coefficient (Wildman–Crippen LogP) is 3.88. The van der Waals surface area contributed by atoms with E-state index in [9.17, 15) is 16.8 Å². The van der Waals surface area contributed by atoms with E-state index in [1.54, 1.807) is 38.1 Å². The van der Waals surface area contributed by atoms with E-state index in [4.69, 9.17) is 0 Å². The summed E-state index contributed by atoms with van der Waals surface area (Å²) in [7, 11) is -7.18. The monoisotopic (exact) mass is 465 g/mol. The SMILES string of the molecule is CCN(CC)c1ccc(NS(=O)(=O)c2cc(C)c(N3CCCCS3(=O)=O)cc2C)cc1. The molecule has 0 bridgehead atoms. The topological polar surface area (TPSA) is 86.8 Å². The minimum Gasteiger partial charge on any atom is -0.372 e. The van der Waals surface area contributed by atoms with Crippen LogP contribution in [-0.2, 0) is 20.0 Å². The van der Waals surface area contributed by atoms with Crippen molar-refractivity contribution in [1.82, 2.24) is 0 Å². The molecule has 0 saturated carbocycles. The summed E-state index contributed by atoms with van der Waals surface area (Å²) in [5.41, 5.74) is 3.20. The largest absolute Gasteiger partial charge is 0.372 e. The lowest BCUT2D eigenvalue weighted by Gasteiger charge is -2.30. The molecule has 1 fully saturated rings. The van der Waals surface area contributed by atoms with E-state index >= 15 is 0 Å². The molecule has 1 saturated heterocycles. The van der Waals surface area contributed by atoms with Gasteiger partial charge in [0.15, 0.2) is 0 Å². The number of aryl methyl sites for hydroxylation is 2. The second kappa shape index (κ2) is 9.08. The number of hydrogen-bond donors (Lipinski definition) is 1. The number of anilines is 3. The first-order valence-corrected chi connectivity index (χ1v) is 13.7. The van der Waals surface area contributed by atoms with Crippen LogP contribution in [0.4, 0.5) is 17.1 Å². The zero-order valence-electron chi connectivity index (χ0n) is 18.6. The summed E-state index contributed by atoms with van der Waals surface area (Å²) in [6.45, 7) is 9.76. The van der Waals surface area contributed by atoms with Crippen LogP contribution in [-0.4, -0.2) is 42.2 Å². The van der Waals surface area contributed by atoms with E-state index in [1.807, 2.05) is 12.1 Å². The molecule has 0 atom stereocenters. The molecule has 1 aliphatic rings. The van der Waals surface area contributed by atoms with E-state index in [-0.39, 0.29) is 10.6 Å². The fraction of sp³-hybridized carbons (Fsp3) is 0.455. The molecule has 7 nitrogen and oxygen atoms in total. The molecule has 1 heterocycles. The molecule has 31 heavy (non-hydrogen) atoms. The number of sulfonamides is 2. The fourth-order valence-electron chi connectivity index (χ4n) is 3.93. The highest BCUT2D eigenvalue weighted by Crippen LogP contribution is 2.32. The average Bonchev–Trinajstić information content (AvgIpc) is 2.71. The highest BCUT2D eigenvalue weighted by atomic mass is 32.2. The van der Waals surface area contributed by atoms with E-state index in [0.29, 0.717) is 35.5 Å². The van der Waals surface area contributed by atoms with Crippen LogP contribution in [0.15, 0.2) is 41.3 Å². The second-order valence-electron chi connectivity index (χ2n) is 7.82. The summed E-state index contributed by atoms with van der Waals surface area (Å²) < 4.78 is 55.1. The molecular weight excluding hydrogens is 434 g/mol. The standard InChI is InChI=1S/C22H31N3O4S2/c1-5-24(6-2)20-11-9-19(10-12-20)23-31(28,29)22-16-17(3)21(15-18(22)4)25-13-7-8-14-30(25,26)27/h9-12,15-16,23H,5-8,13-14H2,1-4H3. The fourth-order valence-corrected chi connectivity index (χ4v) is 7.00. The van der Waals surface area contributed by atoms with Gasteiger partial charge in [0.1, 0.15) is 0 Å². The lowest BCUT2D eigenvalue weighted by molar-refractivity contribution is 0.574. The first-order valence-electron chi connectivity index (χ1n) is 10.6. The zero-order valence-corrected chi connectivity index (χ0v) is 20.2. The van der Waals surface area contributed by atoms with E-state index < -0.39 is 20.0 Å². The molecular formula is C22H31N3O4S2. The van der Waals surface area contributed by atoms with Crippen molar-refractivity contribution in [2.24, 2.45) is 0 Å². The van der Waals surface area contributed by atoms with Crippen molar-refractivity contribution < 1.29 is 16.8 Å². The van der Waals surface area contributed by atoms with Gasteiger partial charge in [-0.3, -0.25) is 9.03 Å². The van der Waals surface area contributed by atoms with Crippen molar-refractivity contribution >= 4 is 37.1 Å². The van der Waals surface area contributed by atoms with Gasteiger partial charge < -0.3 is 4.90 Å². The Hall–Kier alpha value is -2.26. The van der Waals surface area contributed by atoms with Crippen molar-refractivity contribution in [2.75, 3.05) is 39.3 Å². The van der Waals surface area contributed by atoms with Crippen LogP contribution in [0.5, 0.6) is 0 Å². The predicted molar refractivity (Wildman–Crippen MR) is 127 cm³/mol. The maximum absolute atomic E-state index is 13.1. The third-order valence-electron chi connectivity index (χ3n) is 5.65. The number of rotatable bonds is 7. The molecule has 170 valence electrons. The maximum atomic E-state index is 13.1. The second-order valence-corrected chi connectivity index (χ2v) is 11.5. The molecule has 2 aromatic carbocycles. The quantitative estimate of drug-likeness (QED) is 0.671. The van der Waals surface area contributed by atoms with Crippen LogP contribution in [0.1, 0.15) is 37.8 Å². The van der Waals surface area contributed by atoms with Gasteiger partial charge in [0, 0.05) is 31.0 Å². The lowest BCUT2D eigenvalue weighted by Crippen LogP contribution is -2.38. The third kappa shape index (κ3) is 4.98. The highest BCUT2D eigenvalue weighted by Gasteiger charge is 2.28. The number of nitrogens with zero attached hydrogens (tertiary/aromatic N) is 2. The van der Waals surface area contributed by atoms with Crippen molar-refractivity contribution in [1.29, 1.82) is 0 Å². The molecule has 2 aromatic rings. The first kappa shape index (κ1) is 23.4. The number of nitrogens with one attached hydrogen (secondary N) is 1.